The molecule has 0 amide bonds. The van der Waals surface area contributed by atoms with Crippen molar-refractivity contribution in [2.75, 3.05) is 13.7 Å². The van der Waals surface area contributed by atoms with E-state index in [0.717, 1.165) is 12.7 Å². The number of esters is 1. The maximum atomic E-state index is 9.84. The van der Waals surface area contributed by atoms with Crippen LogP contribution in [0.1, 0.15) is 26.2 Å². The van der Waals surface area contributed by atoms with Gasteiger partial charge in [0.2, 0.25) is 0 Å². The third kappa shape index (κ3) is 6.34. The molecule has 1 aliphatic heterocycles. The molecule has 0 N–H and O–H groups in total. The van der Waals surface area contributed by atoms with Gasteiger partial charge in [-0.1, -0.05) is 13.5 Å². The smallest absolute Gasteiger partial charge is 0.329 e. The highest BCUT2D eigenvalue weighted by Crippen LogP contribution is 2.13. The largest absolute Gasteiger partial charge is 0.466 e. The first-order chi connectivity index (χ1) is 6.24. The SMILES string of the molecule is C=CC(=O)OC.CCC1CCCO1. The van der Waals surface area contributed by atoms with E-state index < -0.39 is 5.97 Å². The van der Waals surface area contributed by atoms with E-state index in [4.69, 9.17) is 4.74 Å². The van der Waals surface area contributed by atoms with Crippen LogP contribution in [0.3, 0.4) is 0 Å². The Morgan fingerprint density at radius 3 is 2.62 bits per heavy atom. The maximum absolute atomic E-state index is 9.84. The highest BCUT2D eigenvalue weighted by molar-refractivity contribution is 5.80. The molecule has 0 aliphatic carbocycles. The fourth-order valence-electron chi connectivity index (χ4n) is 1.05. The predicted octanol–water partition coefficient (Wildman–Crippen LogP) is 1.92. The van der Waals surface area contributed by atoms with Crippen LogP contribution in [-0.4, -0.2) is 25.8 Å². The first-order valence-electron chi connectivity index (χ1n) is 4.56. The minimum atomic E-state index is -0.394. The third-order valence-electron chi connectivity index (χ3n) is 1.85. The Morgan fingerprint density at radius 1 is 1.77 bits per heavy atom. The third-order valence-corrected chi connectivity index (χ3v) is 1.85. The van der Waals surface area contributed by atoms with Crippen molar-refractivity contribution in [1.82, 2.24) is 0 Å². The molecule has 3 nitrogen and oxygen atoms in total. The van der Waals surface area contributed by atoms with Crippen molar-refractivity contribution in [2.45, 2.75) is 32.3 Å². The van der Waals surface area contributed by atoms with E-state index in [2.05, 4.69) is 18.2 Å². The van der Waals surface area contributed by atoms with Crippen molar-refractivity contribution in [3.63, 3.8) is 0 Å². The zero-order chi connectivity index (χ0) is 10.1. The molecular weight excluding hydrogens is 168 g/mol. The standard InChI is InChI=1S/C6H12O.C4H6O2/c1-2-6-4-3-5-7-6;1-3-4(5)6-2/h6H,2-5H2,1H3;3H,1H2,2H3. The number of carbonyl (C=O) groups excluding carboxylic acids is 1. The van der Waals surface area contributed by atoms with E-state index in [1.54, 1.807) is 0 Å². The fraction of sp³-hybridized carbons (Fsp3) is 0.700. The monoisotopic (exact) mass is 186 g/mol. The number of methoxy groups -OCH3 is 1. The van der Waals surface area contributed by atoms with Gasteiger partial charge in [-0.2, -0.15) is 0 Å². The average molecular weight is 186 g/mol. The summed E-state index contributed by atoms with van der Waals surface area (Å²) < 4.78 is 9.44. The highest BCUT2D eigenvalue weighted by Gasteiger charge is 2.11. The second-order valence-corrected chi connectivity index (χ2v) is 2.77. The fourth-order valence-corrected chi connectivity index (χ4v) is 1.05. The predicted molar refractivity (Wildman–Crippen MR) is 51.5 cm³/mol. The lowest BCUT2D eigenvalue weighted by Crippen LogP contribution is -2.00. The first kappa shape index (κ1) is 12.2. The van der Waals surface area contributed by atoms with Crippen molar-refractivity contribution in [2.24, 2.45) is 0 Å². The van der Waals surface area contributed by atoms with E-state index in [9.17, 15) is 4.79 Å². The number of ether oxygens (including phenoxy) is 2. The molecule has 76 valence electrons. The van der Waals surface area contributed by atoms with Gasteiger partial charge in [0.05, 0.1) is 13.2 Å². The summed E-state index contributed by atoms with van der Waals surface area (Å²) in [6.07, 6.45) is 5.47. The second kappa shape index (κ2) is 7.80. The molecule has 0 bridgehead atoms. The zero-order valence-corrected chi connectivity index (χ0v) is 8.41. The molecule has 1 aliphatic rings. The van der Waals surface area contributed by atoms with E-state index in [-0.39, 0.29) is 0 Å². The van der Waals surface area contributed by atoms with Crippen LogP contribution in [0.2, 0.25) is 0 Å². The Labute approximate surface area is 79.7 Å². The quantitative estimate of drug-likeness (QED) is 0.488. The van der Waals surface area contributed by atoms with Crippen LogP contribution in [0, 0.1) is 0 Å². The molecule has 3 heteroatoms. The highest BCUT2D eigenvalue weighted by atomic mass is 16.5. The molecule has 1 unspecified atom stereocenters. The molecule has 0 radical (unpaired) electrons. The minimum Gasteiger partial charge on any atom is -0.466 e. The molecule has 1 rings (SSSR count). The summed E-state index contributed by atoms with van der Waals surface area (Å²) in [5, 5.41) is 0. The number of rotatable bonds is 2. The molecule has 1 saturated heterocycles. The summed E-state index contributed by atoms with van der Waals surface area (Å²) in [6.45, 7) is 6.33. The van der Waals surface area contributed by atoms with Crippen LogP contribution in [0.5, 0.6) is 0 Å². The molecule has 1 atom stereocenters. The van der Waals surface area contributed by atoms with Gasteiger partial charge in [0.25, 0.3) is 0 Å². The molecule has 0 aromatic rings. The Morgan fingerprint density at radius 2 is 2.46 bits per heavy atom. The van der Waals surface area contributed by atoms with E-state index in [0.29, 0.717) is 6.10 Å². The van der Waals surface area contributed by atoms with Crippen LogP contribution in [0.25, 0.3) is 0 Å². The topological polar surface area (TPSA) is 35.5 Å². The number of hydrogen-bond donors (Lipinski definition) is 0. The van der Waals surface area contributed by atoms with Gasteiger partial charge in [-0.3, -0.25) is 0 Å². The molecule has 1 fully saturated rings. The van der Waals surface area contributed by atoms with Crippen molar-refractivity contribution in [1.29, 1.82) is 0 Å². The van der Waals surface area contributed by atoms with Gasteiger partial charge < -0.3 is 9.47 Å². The molecule has 0 saturated carbocycles. The van der Waals surface area contributed by atoms with Gasteiger partial charge in [0, 0.05) is 12.7 Å². The number of hydrogen-bond acceptors (Lipinski definition) is 3. The van der Waals surface area contributed by atoms with Crippen molar-refractivity contribution in [3.05, 3.63) is 12.7 Å². The summed E-state index contributed by atoms with van der Waals surface area (Å²) in [5.74, 6) is -0.394. The maximum Gasteiger partial charge on any atom is 0.329 e. The summed E-state index contributed by atoms with van der Waals surface area (Å²) in [7, 11) is 1.31. The van der Waals surface area contributed by atoms with E-state index in [1.165, 1.54) is 26.4 Å². The normalized spacial score (nSPS) is 20.0. The minimum absolute atomic E-state index is 0.394. The van der Waals surface area contributed by atoms with Gasteiger partial charge in [-0.05, 0) is 19.3 Å². The lowest BCUT2D eigenvalue weighted by Gasteiger charge is -2.01. The van der Waals surface area contributed by atoms with Crippen LogP contribution < -0.4 is 0 Å². The summed E-state index contributed by atoms with van der Waals surface area (Å²) in [4.78, 5) is 9.84. The van der Waals surface area contributed by atoms with Gasteiger partial charge in [-0.25, -0.2) is 4.79 Å². The molecule has 0 aromatic heterocycles. The number of carbonyl (C=O) groups is 1. The van der Waals surface area contributed by atoms with Crippen LogP contribution in [-0.2, 0) is 14.3 Å². The van der Waals surface area contributed by atoms with Gasteiger partial charge in [-0.15, -0.1) is 0 Å². The summed E-state index contributed by atoms with van der Waals surface area (Å²) >= 11 is 0. The lowest BCUT2D eigenvalue weighted by molar-refractivity contribution is -0.134. The van der Waals surface area contributed by atoms with Crippen LogP contribution in [0.15, 0.2) is 12.7 Å². The van der Waals surface area contributed by atoms with Gasteiger partial charge in [0.1, 0.15) is 0 Å². The average Bonchev–Trinajstić information content (AvgIpc) is 2.70. The van der Waals surface area contributed by atoms with Gasteiger partial charge >= 0.3 is 5.97 Å². The lowest BCUT2D eigenvalue weighted by atomic mass is 10.2. The molecular formula is C10H18O3. The van der Waals surface area contributed by atoms with Gasteiger partial charge in [0.15, 0.2) is 0 Å². The molecule has 13 heavy (non-hydrogen) atoms. The van der Waals surface area contributed by atoms with Crippen molar-refractivity contribution >= 4 is 5.97 Å². The first-order valence-corrected chi connectivity index (χ1v) is 4.56. The van der Waals surface area contributed by atoms with Crippen LogP contribution in [0.4, 0.5) is 0 Å². The second-order valence-electron chi connectivity index (χ2n) is 2.77. The van der Waals surface area contributed by atoms with Crippen molar-refractivity contribution in [3.8, 4) is 0 Å². The summed E-state index contributed by atoms with van der Waals surface area (Å²) in [6, 6.07) is 0. The Kier molecular flexibility index (Phi) is 7.30. The Bertz CT molecular complexity index is 148. The molecule has 0 spiro atoms. The Hall–Kier alpha value is -0.830. The zero-order valence-electron chi connectivity index (χ0n) is 8.41. The molecule has 0 aromatic carbocycles. The Balaban J connectivity index is 0.000000226. The van der Waals surface area contributed by atoms with E-state index in [1.807, 2.05) is 0 Å². The van der Waals surface area contributed by atoms with Crippen LogP contribution >= 0.6 is 0 Å². The molecule has 1 heterocycles. The summed E-state index contributed by atoms with van der Waals surface area (Å²) in [5.41, 5.74) is 0. The van der Waals surface area contributed by atoms with Crippen molar-refractivity contribution < 1.29 is 14.3 Å². The van der Waals surface area contributed by atoms with E-state index >= 15 is 0 Å².